The second kappa shape index (κ2) is 4.83. The Kier molecular flexibility index (Phi) is 4.02. The molecule has 0 spiro atoms. The molecule has 0 saturated carbocycles. The van der Waals surface area contributed by atoms with Gasteiger partial charge in [-0.25, -0.2) is 0 Å². The molecule has 1 aliphatic heterocycles. The first-order valence-electron chi connectivity index (χ1n) is 5.18. The molecule has 0 radical (unpaired) electrons. The monoisotopic (exact) mass is 170 g/mol. The van der Waals surface area contributed by atoms with Gasteiger partial charge in [0.25, 0.3) is 0 Å². The van der Waals surface area contributed by atoms with Gasteiger partial charge in [-0.05, 0) is 12.3 Å². The maximum Gasteiger partial charge on any atom is 0.0192 e. The largest absolute Gasteiger partial charge is 0.311 e. The molecule has 0 aromatic carbocycles. The molecule has 0 amide bonds. The lowest BCUT2D eigenvalue weighted by atomic mass is 10.1. The van der Waals surface area contributed by atoms with Crippen LogP contribution in [0.15, 0.2) is 0 Å². The Balaban J connectivity index is 2.25. The van der Waals surface area contributed by atoms with Crippen LogP contribution in [0.5, 0.6) is 0 Å². The molecule has 0 aliphatic carbocycles. The number of rotatable bonds is 3. The van der Waals surface area contributed by atoms with Crippen LogP contribution in [-0.2, 0) is 0 Å². The van der Waals surface area contributed by atoms with E-state index >= 15 is 0 Å². The Morgan fingerprint density at radius 2 is 2.25 bits per heavy atom. The molecule has 1 rings (SSSR count). The number of hydrogen-bond acceptors (Lipinski definition) is 2. The van der Waals surface area contributed by atoms with Gasteiger partial charge in [0.15, 0.2) is 0 Å². The van der Waals surface area contributed by atoms with E-state index < -0.39 is 0 Å². The van der Waals surface area contributed by atoms with Crippen molar-refractivity contribution in [1.29, 1.82) is 0 Å². The summed E-state index contributed by atoms with van der Waals surface area (Å²) in [7, 11) is 0. The first kappa shape index (κ1) is 10.0. The molecule has 0 unspecified atom stereocenters. The van der Waals surface area contributed by atoms with Crippen molar-refractivity contribution in [2.24, 2.45) is 5.92 Å². The van der Waals surface area contributed by atoms with Crippen LogP contribution in [0, 0.1) is 5.92 Å². The van der Waals surface area contributed by atoms with Crippen molar-refractivity contribution in [3.8, 4) is 0 Å². The smallest absolute Gasteiger partial charge is 0.0192 e. The third kappa shape index (κ3) is 3.11. The molecule has 1 fully saturated rings. The molecule has 72 valence electrons. The van der Waals surface area contributed by atoms with E-state index in [0.29, 0.717) is 0 Å². The van der Waals surface area contributed by atoms with Crippen LogP contribution >= 0.6 is 0 Å². The summed E-state index contributed by atoms with van der Waals surface area (Å²) in [5.74, 6) is 0.806. The van der Waals surface area contributed by atoms with Gasteiger partial charge in [0.1, 0.15) is 0 Å². The van der Waals surface area contributed by atoms with E-state index in [1.54, 1.807) is 0 Å². The fourth-order valence-corrected chi connectivity index (χ4v) is 1.85. The summed E-state index contributed by atoms with van der Waals surface area (Å²) >= 11 is 0. The standard InChI is InChI=1S/C10H22N2/c1-4-10-8-12(6-5-11-10)7-9(2)3/h9-11H,4-8H2,1-3H3/t10-/m1/s1. The van der Waals surface area contributed by atoms with Crippen molar-refractivity contribution in [2.75, 3.05) is 26.2 Å². The zero-order valence-corrected chi connectivity index (χ0v) is 8.64. The highest BCUT2D eigenvalue weighted by Gasteiger charge is 2.17. The van der Waals surface area contributed by atoms with Crippen LogP contribution in [-0.4, -0.2) is 37.1 Å². The molecule has 1 heterocycles. The summed E-state index contributed by atoms with van der Waals surface area (Å²) in [6.45, 7) is 11.8. The van der Waals surface area contributed by atoms with Crippen molar-refractivity contribution >= 4 is 0 Å². The summed E-state index contributed by atoms with van der Waals surface area (Å²) in [6, 6.07) is 0.734. The average molecular weight is 170 g/mol. The first-order chi connectivity index (χ1) is 5.72. The van der Waals surface area contributed by atoms with E-state index in [2.05, 4.69) is 31.0 Å². The topological polar surface area (TPSA) is 15.3 Å². The molecule has 2 heteroatoms. The van der Waals surface area contributed by atoms with Crippen molar-refractivity contribution in [3.63, 3.8) is 0 Å². The van der Waals surface area contributed by atoms with Gasteiger partial charge in [0.05, 0.1) is 0 Å². The second-order valence-corrected chi connectivity index (χ2v) is 4.21. The third-order valence-corrected chi connectivity index (χ3v) is 2.46. The molecular weight excluding hydrogens is 148 g/mol. The number of hydrogen-bond donors (Lipinski definition) is 1. The van der Waals surface area contributed by atoms with Gasteiger partial charge < -0.3 is 10.2 Å². The van der Waals surface area contributed by atoms with Crippen LogP contribution in [0.4, 0.5) is 0 Å². The third-order valence-electron chi connectivity index (χ3n) is 2.46. The highest BCUT2D eigenvalue weighted by atomic mass is 15.2. The number of piperazine rings is 1. The van der Waals surface area contributed by atoms with E-state index in [1.165, 1.54) is 32.6 Å². The Morgan fingerprint density at radius 3 is 2.83 bits per heavy atom. The number of nitrogens with zero attached hydrogens (tertiary/aromatic N) is 1. The number of nitrogens with one attached hydrogen (secondary N) is 1. The summed E-state index contributed by atoms with van der Waals surface area (Å²) in [5.41, 5.74) is 0. The van der Waals surface area contributed by atoms with Crippen LogP contribution in [0.25, 0.3) is 0 Å². The molecule has 0 aromatic heterocycles. The van der Waals surface area contributed by atoms with E-state index in [0.717, 1.165) is 12.0 Å². The van der Waals surface area contributed by atoms with Gasteiger partial charge in [-0.2, -0.15) is 0 Å². The minimum atomic E-state index is 0.734. The zero-order valence-electron chi connectivity index (χ0n) is 8.64. The van der Waals surface area contributed by atoms with Gasteiger partial charge >= 0.3 is 0 Å². The Morgan fingerprint density at radius 1 is 1.50 bits per heavy atom. The van der Waals surface area contributed by atoms with Gasteiger partial charge in [-0.3, -0.25) is 0 Å². The van der Waals surface area contributed by atoms with E-state index in [9.17, 15) is 0 Å². The molecule has 1 aliphatic rings. The Labute approximate surface area is 76.3 Å². The summed E-state index contributed by atoms with van der Waals surface area (Å²) in [6.07, 6.45) is 1.26. The van der Waals surface area contributed by atoms with Crippen molar-refractivity contribution < 1.29 is 0 Å². The quantitative estimate of drug-likeness (QED) is 0.687. The second-order valence-electron chi connectivity index (χ2n) is 4.21. The van der Waals surface area contributed by atoms with Gasteiger partial charge in [0, 0.05) is 32.2 Å². The van der Waals surface area contributed by atoms with Crippen LogP contribution in [0.2, 0.25) is 0 Å². The molecule has 1 atom stereocenters. The van der Waals surface area contributed by atoms with Gasteiger partial charge in [-0.1, -0.05) is 20.8 Å². The molecule has 0 bridgehead atoms. The average Bonchev–Trinajstić information content (AvgIpc) is 2.03. The molecule has 1 N–H and O–H groups in total. The molecule has 12 heavy (non-hydrogen) atoms. The fourth-order valence-electron chi connectivity index (χ4n) is 1.85. The maximum atomic E-state index is 3.53. The minimum absolute atomic E-state index is 0.734. The van der Waals surface area contributed by atoms with E-state index in [-0.39, 0.29) is 0 Å². The highest BCUT2D eigenvalue weighted by molar-refractivity contribution is 4.77. The molecule has 1 saturated heterocycles. The Bertz CT molecular complexity index is 123. The van der Waals surface area contributed by atoms with Crippen molar-refractivity contribution in [1.82, 2.24) is 10.2 Å². The lowest BCUT2D eigenvalue weighted by Crippen LogP contribution is -2.51. The fraction of sp³-hybridized carbons (Fsp3) is 1.00. The SMILES string of the molecule is CC[C@@H]1CN(CC(C)C)CCN1. The summed E-state index contributed by atoms with van der Waals surface area (Å²) in [4.78, 5) is 2.58. The van der Waals surface area contributed by atoms with Gasteiger partial charge in [0.2, 0.25) is 0 Å². The maximum absolute atomic E-state index is 3.53. The molecule has 2 nitrogen and oxygen atoms in total. The van der Waals surface area contributed by atoms with Crippen molar-refractivity contribution in [3.05, 3.63) is 0 Å². The summed E-state index contributed by atoms with van der Waals surface area (Å²) < 4.78 is 0. The van der Waals surface area contributed by atoms with E-state index in [4.69, 9.17) is 0 Å². The van der Waals surface area contributed by atoms with Gasteiger partial charge in [-0.15, -0.1) is 0 Å². The van der Waals surface area contributed by atoms with E-state index in [1.807, 2.05) is 0 Å². The normalized spacial score (nSPS) is 26.5. The predicted molar refractivity (Wildman–Crippen MR) is 53.4 cm³/mol. The lowest BCUT2D eigenvalue weighted by Gasteiger charge is -2.34. The lowest BCUT2D eigenvalue weighted by molar-refractivity contribution is 0.179. The highest BCUT2D eigenvalue weighted by Crippen LogP contribution is 2.05. The zero-order chi connectivity index (χ0) is 8.97. The van der Waals surface area contributed by atoms with Crippen LogP contribution < -0.4 is 5.32 Å². The van der Waals surface area contributed by atoms with Crippen LogP contribution in [0.3, 0.4) is 0 Å². The van der Waals surface area contributed by atoms with Crippen LogP contribution in [0.1, 0.15) is 27.2 Å². The van der Waals surface area contributed by atoms with Crippen molar-refractivity contribution in [2.45, 2.75) is 33.2 Å². The summed E-state index contributed by atoms with van der Waals surface area (Å²) in [5, 5.41) is 3.53. The minimum Gasteiger partial charge on any atom is -0.311 e. The molecule has 0 aromatic rings. The Hall–Kier alpha value is -0.0800. The predicted octanol–water partition coefficient (Wildman–Crippen LogP) is 1.33. The molecular formula is C10H22N2. The first-order valence-corrected chi connectivity index (χ1v) is 5.18.